The van der Waals surface area contributed by atoms with Gasteiger partial charge in [0, 0.05) is 25.2 Å². The van der Waals surface area contributed by atoms with Gasteiger partial charge in [-0.25, -0.2) is 8.42 Å². The van der Waals surface area contributed by atoms with Crippen molar-refractivity contribution in [3.63, 3.8) is 0 Å². The lowest BCUT2D eigenvalue weighted by molar-refractivity contribution is 0.339. The Morgan fingerprint density at radius 3 is 2.79 bits per heavy atom. The molecular weight excluding hydrogens is 288 g/mol. The van der Waals surface area contributed by atoms with Crippen molar-refractivity contribution in [2.45, 2.75) is 24.3 Å². The van der Waals surface area contributed by atoms with E-state index >= 15 is 0 Å². The third kappa shape index (κ3) is 3.60. The average Bonchev–Trinajstić information content (AvgIpc) is 2.77. The van der Waals surface area contributed by atoms with Crippen LogP contribution in [0.3, 0.4) is 0 Å². The second kappa shape index (κ2) is 6.56. The van der Waals surface area contributed by atoms with Gasteiger partial charge in [-0.15, -0.1) is 12.4 Å². The first-order valence-electron chi connectivity index (χ1n) is 6.02. The second-order valence-electron chi connectivity index (χ2n) is 4.32. The van der Waals surface area contributed by atoms with E-state index in [9.17, 15) is 8.42 Å². The largest absolute Gasteiger partial charge is 0.494 e. The lowest BCUT2D eigenvalue weighted by Gasteiger charge is -2.16. The summed E-state index contributed by atoms with van der Waals surface area (Å²) >= 11 is 0. The first kappa shape index (κ1) is 16.2. The summed E-state index contributed by atoms with van der Waals surface area (Å²) in [7, 11) is -3.44. The lowest BCUT2D eigenvalue weighted by Crippen LogP contribution is -2.31. The Labute approximate surface area is 120 Å². The molecule has 1 saturated heterocycles. The van der Waals surface area contributed by atoms with Crippen molar-refractivity contribution in [2.24, 2.45) is 5.73 Å². The molecule has 2 N–H and O–H groups in total. The number of hydrogen-bond donors (Lipinski definition) is 1. The molecule has 0 amide bonds. The van der Waals surface area contributed by atoms with Crippen molar-refractivity contribution in [1.82, 2.24) is 4.31 Å². The van der Waals surface area contributed by atoms with Crippen LogP contribution in [0, 0.1) is 0 Å². The molecule has 1 heterocycles. The Morgan fingerprint density at radius 2 is 2.21 bits per heavy atom. The van der Waals surface area contributed by atoms with Gasteiger partial charge in [-0.2, -0.15) is 4.31 Å². The summed E-state index contributed by atoms with van der Waals surface area (Å²) in [5.74, 6) is 0.571. The number of nitrogens with zero attached hydrogens (tertiary/aromatic N) is 1. The highest BCUT2D eigenvalue weighted by molar-refractivity contribution is 7.89. The molecule has 108 valence electrons. The maximum Gasteiger partial charge on any atom is 0.243 e. The van der Waals surface area contributed by atoms with E-state index in [0.717, 1.165) is 0 Å². The number of ether oxygens (including phenoxy) is 1. The molecule has 5 nitrogen and oxygen atoms in total. The summed E-state index contributed by atoms with van der Waals surface area (Å²) in [6.07, 6.45) is 0.713. The van der Waals surface area contributed by atoms with E-state index in [1.165, 1.54) is 4.31 Å². The van der Waals surface area contributed by atoms with E-state index in [0.29, 0.717) is 31.9 Å². The lowest BCUT2D eigenvalue weighted by atomic mass is 10.3. The standard InChI is InChI=1S/C12H18N2O3S.ClH/c1-2-17-11-4-3-5-12(8-11)18(15,16)14-7-6-10(13)9-14;/h3-5,8,10H,2,6-7,9,13H2,1H3;1H/t10-;/m1./s1. The normalized spacial score (nSPS) is 20.0. The van der Waals surface area contributed by atoms with Gasteiger partial charge in [0.2, 0.25) is 10.0 Å². The van der Waals surface area contributed by atoms with Gasteiger partial charge in [-0.05, 0) is 25.5 Å². The summed E-state index contributed by atoms with van der Waals surface area (Å²) < 4.78 is 31.5. The molecule has 0 unspecified atom stereocenters. The molecule has 19 heavy (non-hydrogen) atoms. The minimum absolute atomic E-state index is 0. The number of hydrogen-bond acceptors (Lipinski definition) is 4. The van der Waals surface area contributed by atoms with Crippen LogP contribution in [-0.4, -0.2) is 38.5 Å². The monoisotopic (exact) mass is 306 g/mol. The van der Waals surface area contributed by atoms with Crippen molar-refractivity contribution in [3.8, 4) is 5.75 Å². The van der Waals surface area contributed by atoms with Crippen LogP contribution >= 0.6 is 12.4 Å². The summed E-state index contributed by atoms with van der Waals surface area (Å²) in [5.41, 5.74) is 5.75. The molecule has 0 aromatic heterocycles. The first-order chi connectivity index (χ1) is 8.54. The van der Waals surface area contributed by atoms with Gasteiger partial charge in [0.1, 0.15) is 5.75 Å². The molecule has 1 aromatic rings. The SMILES string of the molecule is CCOc1cccc(S(=O)(=O)N2CC[C@@H](N)C2)c1.Cl. The first-order valence-corrected chi connectivity index (χ1v) is 7.46. The predicted molar refractivity (Wildman–Crippen MR) is 76.2 cm³/mol. The van der Waals surface area contributed by atoms with E-state index < -0.39 is 10.0 Å². The molecule has 1 aromatic carbocycles. The zero-order valence-corrected chi connectivity index (χ0v) is 12.4. The summed E-state index contributed by atoms with van der Waals surface area (Å²) in [6.45, 7) is 3.25. The Hall–Kier alpha value is -0.820. The van der Waals surface area contributed by atoms with E-state index in [4.69, 9.17) is 10.5 Å². The average molecular weight is 307 g/mol. The number of halogens is 1. The molecular formula is C12H19ClN2O3S. The van der Waals surface area contributed by atoms with Gasteiger partial charge in [0.05, 0.1) is 11.5 Å². The Morgan fingerprint density at radius 1 is 1.47 bits per heavy atom. The molecule has 0 aliphatic carbocycles. The smallest absolute Gasteiger partial charge is 0.243 e. The van der Waals surface area contributed by atoms with Gasteiger partial charge in [0.25, 0.3) is 0 Å². The van der Waals surface area contributed by atoms with Gasteiger partial charge < -0.3 is 10.5 Å². The van der Waals surface area contributed by atoms with Crippen LogP contribution in [0.1, 0.15) is 13.3 Å². The highest BCUT2D eigenvalue weighted by Gasteiger charge is 2.30. The van der Waals surface area contributed by atoms with Crippen LogP contribution in [0.25, 0.3) is 0 Å². The van der Waals surface area contributed by atoms with Crippen molar-refractivity contribution >= 4 is 22.4 Å². The molecule has 1 atom stereocenters. The summed E-state index contributed by atoms with van der Waals surface area (Å²) in [5, 5.41) is 0. The minimum Gasteiger partial charge on any atom is -0.494 e. The second-order valence-corrected chi connectivity index (χ2v) is 6.26. The van der Waals surface area contributed by atoms with Gasteiger partial charge >= 0.3 is 0 Å². The van der Waals surface area contributed by atoms with Crippen LogP contribution in [0.2, 0.25) is 0 Å². The molecule has 0 saturated carbocycles. The zero-order chi connectivity index (χ0) is 13.2. The topological polar surface area (TPSA) is 72.6 Å². The highest BCUT2D eigenvalue weighted by atomic mass is 35.5. The van der Waals surface area contributed by atoms with Gasteiger partial charge in [-0.1, -0.05) is 6.07 Å². The van der Waals surface area contributed by atoms with Crippen LogP contribution in [0.5, 0.6) is 5.75 Å². The van der Waals surface area contributed by atoms with E-state index in [1.807, 2.05) is 6.92 Å². The van der Waals surface area contributed by atoms with Crippen molar-refractivity contribution in [3.05, 3.63) is 24.3 Å². The molecule has 1 aliphatic rings. The summed E-state index contributed by atoms with van der Waals surface area (Å²) in [6, 6.07) is 6.52. The quantitative estimate of drug-likeness (QED) is 0.908. The van der Waals surface area contributed by atoms with Crippen LogP contribution in [0.4, 0.5) is 0 Å². The van der Waals surface area contributed by atoms with Gasteiger partial charge in [-0.3, -0.25) is 0 Å². The third-order valence-corrected chi connectivity index (χ3v) is 4.80. The van der Waals surface area contributed by atoms with Crippen LogP contribution in [0.15, 0.2) is 29.2 Å². The summed E-state index contributed by atoms with van der Waals surface area (Å²) in [4.78, 5) is 0.266. The highest BCUT2D eigenvalue weighted by Crippen LogP contribution is 2.23. The molecule has 7 heteroatoms. The van der Waals surface area contributed by atoms with Crippen molar-refractivity contribution < 1.29 is 13.2 Å². The van der Waals surface area contributed by atoms with E-state index in [1.54, 1.807) is 24.3 Å². The fraction of sp³-hybridized carbons (Fsp3) is 0.500. The number of rotatable bonds is 4. The third-order valence-electron chi connectivity index (χ3n) is 2.94. The minimum atomic E-state index is -3.44. The zero-order valence-electron chi connectivity index (χ0n) is 10.8. The number of nitrogens with two attached hydrogens (primary N) is 1. The number of sulfonamides is 1. The van der Waals surface area contributed by atoms with E-state index in [-0.39, 0.29) is 23.3 Å². The van der Waals surface area contributed by atoms with E-state index in [2.05, 4.69) is 0 Å². The Kier molecular flexibility index (Phi) is 5.61. The fourth-order valence-electron chi connectivity index (χ4n) is 2.01. The molecule has 0 bridgehead atoms. The molecule has 1 fully saturated rings. The Balaban J connectivity index is 0.00000180. The molecule has 2 rings (SSSR count). The van der Waals surface area contributed by atoms with Crippen LogP contribution < -0.4 is 10.5 Å². The predicted octanol–water partition coefficient (Wildman–Crippen LogP) is 1.23. The Bertz CT molecular complexity index is 521. The maximum atomic E-state index is 12.4. The van der Waals surface area contributed by atoms with Crippen molar-refractivity contribution in [1.29, 1.82) is 0 Å². The molecule has 1 aliphatic heterocycles. The molecule has 0 radical (unpaired) electrons. The number of benzene rings is 1. The van der Waals surface area contributed by atoms with Crippen molar-refractivity contribution in [2.75, 3.05) is 19.7 Å². The molecule has 0 spiro atoms. The maximum absolute atomic E-state index is 12.4. The van der Waals surface area contributed by atoms with Crippen LogP contribution in [-0.2, 0) is 10.0 Å². The van der Waals surface area contributed by atoms with Gasteiger partial charge in [0.15, 0.2) is 0 Å². The fourth-order valence-corrected chi connectivity index (χ4v) is 3.56.